The number of nitrogens with two attached hydrogens (primary N) is 1. The molecule has 0 bridgehead atoms. The van der Waals surface area contributed by atoms with E-state index in [1.54, 1.807) is 24.3 Å². The van der Waals surface area contributed by atoms with Gasteiger partial charge in [-0.3, -0.25) is 15.6 Å². The largest absolute Gasteiger partial charge is 0.437 e. The molecule has 0 unspecified atom stereocenters. The second-order valence-corrected chi connectivity index (χ2v) is 5.81. The number of rotatable bonds is 5. The lowest BCUT2D eigenvalue weighted by Crippen LogP contribution is -2.30. The number of carbonyl (C=O) groups excluding carboxylic acids is 1. The van der Waals surface area contributed by atoms with E-state index in [1.807, 2.05) is 38.1 Å². The minimum absolute atomic E-state index is 0.194. The molecule has 3 rings (SSSR count). The van der Waals surface area contributed by atoms with Crippen LogP contribution in [0.25, 0.3) is 0 Å². The zero-order valence-corrected chi connectivity index (χ0v) is 14.5. The molecule has 0 saturated heterocycles. The van der Waals surface area contributed by atoms with E-state index in [0.717, 1.165) is 11.1 Å². The second-order valence-electron chi connectivity index (χ2n) is 5.81. The summed E-state index contributed by atoms with van der Waals surface area (Å²) in [5, 5.41) is 0. The van der Waals surface area contributed by atoms with Gasteiger partial charge in [-0.05, 0) is 49.2 Å². The van der Waals surface area contributed by atoms with Gasteiger partial charge in [0.15, 0.2) is 5.82 Å². The van der Waals surface area contributed by atoms with Crippen molar-refractivity contribution >= 4 is 17.4 Å². The van der Waals surface area contributed by atoms with E-state index in [1.165, 1.54) is 6.33 Å². The Bertz CT molecular complexity index is 908. The predicted molar refractivity (Wildman–Crippen MR) is 100.0 cm³/mol. The highest BCUT2D eigenvalue weighted by Gasteiger charge is 2.12. The van der Waals surface area contributed by atoms with Crippen molar-refractivity contribution in [3.05, 3.63) is 71.5 Å². The summed E-state index contributed by atoms with van der Waals surface area (Å²) in [6, 6.07) is 14.6. The molecule has 2 aromatic carbocycles. The normalized spacial score (nSPS) is 10.2. The number of nitrogen functional groups attached to an aromatic ring is 1. The number of nitrogens with zero attached hydrogens (tertiary/aromatic N) is 2. The van der Waals surface area contributed by atoms with Crippen molar-refractivity contribution in [2.24, 2.45) is 0 Å². The number of ether oxygens (including phenoxy) is 1. The van der Waals surface area contributed by atoms with Crippen LogP contribution in [0.15, 0.2) is 54.9 Å². The van der Waals surface area contributed by atoms with Crippen molar-refractivity contribution in [1.82, 2.24) is 15.4 Å². The van der Waals surface area contributed by atoms with Crippen LogP contribution in [0.1, 0.15) is 21.5 Å². The van der Waals surface area contributed by atoms with Crippen LogP contribution in [0.4, 0.5) is 11.5 Å². The molecular weight excluding hydrogens is 330 g/mol. The minimum atomic E-state index is -0.305. The first-order valence-electron chi connectivity index (χ1n) is 8.01. The molecule has 7 heteroatoms. The van der Waals surface area contributed by atoms with Gasteiger partial charge in [0.1, 0.15) is 17.8 Å². The Morgan fingerprint density at radius 2 is 1.73 bits per heavy atom. The summed E-state index contributed by atoms with van der Waals surface area (Å²) in [5.74, 6) is 0.790. The van der Waals surface area contributed by atoms with Crippen molar-refractivity contribution in [3.8, 4) is 11.6 Å². The number of nitrogens with one attached hydrogen (secondary N) is 2. The topological polar surface area (TPSA) is 102 Å². The lowest BCUT2D eigenvalue weighted by molar-refractivity contribution is 0.0962. The third kappa shape index (κ3) is 4.07. The number of benzene rings is 2. The number of hydrazine groups is 1. The molecule has 1 heterocycles. The van der Waals surface area contributed by atoms with E-state index in [4.69, 9.17) is 10.5 Å². The van der Waals surface area contributed by atoms with Crippen LogP contribution in [0.5, 0.6) is 11.6 Å². The van der Waals surface area contributed by atoms with E-state index in [9.17, 15) is 4.79 Å². The average molecular weight is 349 g/mol. The number of hydrogen-bond donors (Lipinski definition) is 3. The summed E-state index contributed by atoms with van der Waals surface area (Å²) in [6.07, 6.45) is 1.31. The number of aryl methyl sites for hydroxylation is 2. The van der Waals surface area contributed by atoms with Crippen molar-refractivity contribution in [2.45, 2.75) is 13.8 Å². The fraction of sp³-hybridized carbons (Fsp3) is 0.105. The quantitative estimate of drug-likeness (QED) is 0.611. The van der Waals surface area contributed by atoms with E-state index in [-0.39, 0.29) is 23.3 Å². The Hall–Kier alpha value is -3.61. The van der Waals surface area contributed by atoms with Crippen LogP contribution in [0.2, 0.25) is 0 Å². The van der Waals surface area contributed by atoms with Gasteiger partial charge in [0.05, 0.1) is 0 Å². The summed E-state index contributed by atoms with van der Waals surface area (Å²) in [4.78, 5) is 20.2. The number of carbonyl (C=O) groups is 1. The summed E-state index contributed by atoms with van der Waals surface area (Å²) in [6.45, 7) is 3.96. The molecule has 26 heavy (non-hydrogen) atoms. The molecule has 0 spiro atoms. The molecule has 1 aromatic heterocycles. The average Bonchev–Trinajstić information content (AvgIpc) is 2.62. The van der Waals surface area contributed by atoms with Crippen molar-refractivity contribution < 1.29 is 9.53 Å². The maximum atomic E-state index is 12.1. The number of amides is 1. The standard InChI is InChI=1S/C19H19N5O2/c1-12-8-13(2)10-15(9-12)26-19-16(20)17(21-11-22-19)23-24-18(25)14-6-4-3-5-7-14/h3-11H,20H2,1-2H3,(H,24,25)(H,21,22,23). The molecule has 1 amide bonds. The zero-order valence-electron chi connectivity index (χ0n) is 14.5. The van der Waals surface area contributed by atoms with E-state index in [2.05, 4.69) is 20.8 Å². The van der Waals surface area contributed by atoms with Gasteiger partial charge in [0.2, 0.25) is 5.88 Å². The van der Waals surface area contributed by atoms with Crippen molar-refractivity contribution in [2.75, 3.05) is 11.2 Å². The molecule has 0 saturated carbocycles. The Kier molecular flexibility index (Phi) is 4.98. The van der Waals surface area contributed by atoms with Crippen LogP contribution in [0, 0.1) is 13.8 Å². The smallest absolute Gasteiger partial charge is 0.269 e. The Morgan fingerprint density at radius 1 is 1.04 bits per heavy atom. The molecule has 132 valence electrons. The molecule has 0 aliphatic heterocycles. The first kappa shape index (κ1) is 17.2. The number of anilines is 2. The van der Waals surface area contributed by atoms with Crippen LogP contribution >= 0.6 is 0 Å². The van der Waals surface area contributed by atoms with Gasteiger partial charge >= 0.3 is 0 Å². The molecule has 7 nitrogen and oxygen atoms in total. The van der Waals surface area contributed by atoms with Crippen molar-refractivity contribution in [3.63, 3.8) is 0 Å². The van der Waals surface area contributed by atoms with E-state index in [0.29, 0.717) is 11.3 Å². The van der Waals surface area contributed by atoms with Gasteiger partial charge in [-0.25, -0.2) is 4.98 Å². The predicted octanol–water partition coefficient (Wildman–Crippen LogP) is 3.22. The number of hydrogen-bond acceptors (Lipinski definition) is 6. The fourth-order valence-corrected chi connectivity index (χ4v) is 2.44. The van der Waals surface area contributed by atoms with E-state index >= 15 is 0 Å². The Balaban J connectivity index is 1.73. The van der Waals surface area contributed by atoms with Crippen molar-refractivity contribution in [1.29, 1.82) is 0 Å². The summed E-state index contributed by atoms with van der Waals surface area (Å²) < 4.78 is 5.77. The number of aromatic nitrogens is 2. The van der Waals surface area contributed by atoms with Gasteiger partial charge in [0, 0.05) is 5.56 Å². The lowest BCUT2D eigenvalue weighted by Gasteiger charge is -2.13. The van der Waals surface area contributed by atoms with Crippen LogP contribution < -0.4 is 21.3 Å². The fourth-order valence-electron chi connectivity index (χ4n) is 2.44. The third-order valence-electron chi connectivity index (χ3n) is 3.59. The molecule has 0 atom stereocenters. The van der Waals surface area contributed by atoms with Gasteiger partial charge in [-0.2, -0.15) is 4.98 Å². The molecule has 3 aromatic rings. The maximum absolute atomic E-state index is 12.1. The Morgan fingerprint density at radius 3 is 2.42 bits per heavy atom. The first-order chi connectivity index (χ1) is 12.5. The van der Waals surface area contributed by atoms with Gasteiger partial charge in [-0.1, -0.05) is 24.3 Å². The highest BCUT2D eigenvalue weighted by Crippen LogP contribution is 2.29. The van der Waals surface area contributed by atoms with E-state index < -0.39 is 0 Å². The monoisotopic (exact) mass is 349 g/mol. The third-order valence-corrected chi connectivity index (χ3v) is 3.59. The zero-order chi connectivity index (χ0) is 18.5. The molecular formula is C19H19N5O2. The lowest BCUT2D eigenvalue weighted by atomic mass is 10.1. The minimum Gasteiger partial charge on any atom is -0.437 e. The molecule has 0 aliphatic carbocycles. The van der Waals surface area contributed by atoms with Gasteiger partial charge < -0.3 is 10.5 Å². The van der Waals surface area contributed by atoms with Crippen LogP contribution in [0.3, 0.4) is 0 Å². The second kappa shape index (κ2) is 7.52. The summed E-state index contributed by atoms with van der Waals surface area (Å²) >= 11 is 0. The summed E-state index contributed by atoms with van der Waals surface area (Å²) in [7, 11) is 0. The highest BCUT2D eigenvalue weighted by atomic mass is 16.5. The molecule has 0 aliphatic rings. The van der Waals surface area contributed by atoms with Gasteiger partial charge in [0.25, 0.3) is 5.91 Å². The Labute approximate surface area is 151 Å². The maximum Gasteiger partial charge on any atom is 0.269 e. The molecule has 4 N–H and O–H groups in total. The molecule has 0 fully saturated rings. The highest BCUT2D eigenvalue weighted by molar-refractivity contribution is 5.95. The van der Waals surface area contributed by atoms with Gasteiger partial charge in [-0.15, -0.1) is 0 Å². The SMILES string of the molecule is Cc1cc(C)cc(Oc2ncnc(NNC(=O)c3ccccc3)c2N)c1. The first-order valence-corrected chi connectivity index (χ1v) is 8.01. The van der Waals surface area contributed by atoms with Crippen LogP contribution in [-0.2, 0) is 0 Å². The summed E-state index contributed by atoms with van der Waals surface area (Å²) in [5.41, 5.74) is 14.2. The molecule has 0 radical (unpaired) electrons. The van der Waals surface area contributed by atoms with Crippen LogP contribution in [-0.4, -0.2) is 15.9 Å².